The maximum atomic E-state index is 13.7. The highest BCUT2D eigenvalue weighted by Crippen LogP contribution is 2.34. The largest absolute Gasteiger partial charge is 0.493 e. The van der Waals surface area contributed by atoms with E-state index in [-0.39, 0.29) is 10.6 Å². The van der Waals surface area contributed by atoms with Crippen molar-refractivity contribution in [2.24, 2.45) is 5.10 Å². The molecule has 4 aromatic rings. The van der Waals surface area contributed by atoms with Crippen LogP contribution in [0.2, 0.25) is 5.02 Å². The summed E-state index contributed by atoms with van der Waals surface area (Å²) in [6.07, 6.45) is 1.52. The second-order valence-electron chi connectivity index (χ2n) is 9.27. The average molecular weight is 595 g/mol. The first-order valence-corrected chi connectivity index (χ1v) is 14.5. The van der Waals surface area contributed by atoms with Crippen LogP contribution in [0.4, 0.5) is 5.69 Å². The molecule has 3 aromatic carbocycles. The number of rotatable bonds is 10. The van der Waals surface area contributed by atoms with E-state index < -0.39 is 22.5 Å². The maximum Gasteiger partial charge on any atom is 0.264 e. The number of sulfonamides is 1. The number of benzene rings is 3. The molecule has 0 atom stereocenters. The highest BCUT2D eigenvalue weighted by atomic mass is 35.5. The van der Waals surface area contributed by atoms with Crippen molar-refractivity contribution < 1.29 is 22.7 Å². The Bertz CT molecular complexity index is 1700. The van der Waals surface area contributed by atoms with Crippen LogP contribution < -0.4 is 19.2 Å². The second kappa shape index (κ2) is 12.5. The zero-order chi connectivity index (χ0) is 29.7. The molecule has 0 spiro atoms. The molecular weight excluding hydrogens is 564 g/mol. The summed E-state index contributed by atoms with van der Waals surface area (Å²) in [7, 11) is -1.19. The quantitative estimate of drug-likeness (QED) is 0.195. The standard InChI is InChI=1S/C30H31ClN4O5S/c1-20-10-13-25(14-11-20)41(37,38)34(24-12-15-28(39-4)29(17-24)40-5)19-30(36)33-32-18-23-16-21(2)35(22(23)3)27-9-7-6-8-26(27)31/h6-18H,19H2,1-5H3,(H,33,36)/b32-18+. The normalized spacial score (nSPS) is 11.5. The molecule has 41 heavy (non-hydrogen) atoms. The minimum absolute atomic E-state index is 0.0428. The maximum absolute atomic E-state index is 13.7. The Kier molecular flexibility index (Phi) is 9.05. The summed E-state index contributed by atoms with van der Waals surface area (Å²) in [5.41, 5.74) is 7.01. The van der Waals surface area contributed by atoms with Crippen molar-refractivity contribution in [2.45, 2.75) is 25.7 Å². The number of carbonyl (C=O) groups excluding carboxylic acids is 1. The molecule has 11 heteroatoms. The number of hydrazone groups is 1. The van der Waals surface area contributed by atoms with Gasteiger partial charge in [0.25, 0.3) is 15.9 Å². The predicted molar refractivity (Wildman–Crippen MR) is 161 cm³/mol. The van der Waals surface area contributed by atoms with Gasteiger partial charge in [-0.25, -0.2) is 13.8 Å². The van der Waals surface area contributed by atoms with E-state index in [0.717, 1.165) is 32.5 Å². The molecule has 0 aliphatic heterocycles. The van der Waals surface area contributed by atoms with Crippen LogP contribution in [0.25, 0.3) is 5.69 Å². The summed E-state index contributed by atoms with van der Waals surface area (Å²) in [5.74, 6) is 0.112. The number of ether oxygens (including phenoxy) is 2. The second-order valence-corrected chi connectivity index (χ2v) is 11.5. The van der Waals surface area contributed by atoms with Gasteiger partial charge in [0.2, 0.25) is 0 Å². The van der Waals surface area contributed by atoms with Crippen LogP contribution in [-0.4, -0.2) is 45.9 Å². The summed E-state index contributed by atoms with van der Waals surface area (Å²) >= 11 is 6.40. The van der Waals surface area contributed by atoms with Crippen molar-refractivity contribution in [3.63, 3.8) is 0 Å². The van der Waals surface area contributed by atoms with E-state index in [1.165, 1.54) is 38.6 Å². The lowest BCUT2D eigenvalue weighted by molar-refractivity contribution is -0.119. The van der Waals surface area contributed by atoms with E-state index in [9.17, 15) is 13.2 Å². The van der Waals surface area contributed by atoms with Gasteiger partial charge < -0.3 is 14.0 Å². The third-order valence-corrected chi connectivity index (χ3v) is 8.62. The van der Waals surface area contributed by atoms with Gasteiger partial charge in [-0.2, -0.15) is 5.10 Å². The van der Waals surface area contributed by atoms with Crippen LogP contribution in [0.5, 0.6) is 11.5 Å². The summed E-state index contributed by atoms with van der Waals surface area (Å²) in [4.78, 5) is 13.1. The van der Waals surface area contributed by atoms with Crippen LogP contribution in [0.15, 0.2) is 82.8 Å². The predicted octanol–water partition coefficient (Wildman–Crippen LogP) is 5.42. The molecular formula is C30H31ClN4O5S. The van der Waals surface area contributed by atoms with E-state index in [2.05, 4.69) is 10.5 Å². The molecule has 0 saturated carbocycles. The number of hydrogen-bond donors (Lipinski definition) is 1. The minimum atomic E-state index is -4.12. The van der Waals surface area contributed by atoms with Gasteiger partial charge in [-0.1, -0.05) is 41.4 Å². The molecule has 0 radical (unpaired) electrons. The third-order valence-electron chi connectivity index (χ3n) is 6.51. The molecule has 0 aliphatic carbocycles. The Morgan fingerprint density at radius 2 is 1.66 bits per heavy atom. The number of methoxy groups -OCH3 is 2. The fourth-order valence-corrected chi connectivity index (χ4v) is 6.03. The number of carbonyl (C=O) groups is 1. The van der Waals surface area contributed by atoms with Crippen LogP contribution >= 0.6 is 11.6 Å². The number of amides is 1. The zero-order valence-corrected chi connectivity index (χ0v) is 25.0. The summed E-state index contributed by atoms with van der Waals surface area (Å²) in [5, 5.41) is 4.72. The van der Waals surface area contributed by atoms with Gasteiger partial charge in [0.1, 0.15) is 6.54 Å². The Labute approximate surface area is 245 Å². The number of nitrogens with one attached hydrogen (secondary N) is 1. The molecule has 0 unspecified atom stereocenters. The molecule has 0 saturated heterocycles. The Hall–Kier alpha value is -4.28. The lowest BCUT2D eigenvalue weighted by Crippen LogP contribution is -2.39. The van der Waals surface area contributed by atoms with Gasteiger partial charge >= 0.3 is 0 Å². The van der Waals surface area contributed by atoms with Gasteiger partial charge in [0, 0.05) is 23.0 Å². The van der Waals surface area contributed by atoms with Crippen molar-refractivity contribution in [1.82, 2.24) is 9.99 Å². The summed E-state index contributed by atoms with van der Waals surface area (Å²) in [6.45, 7) is 5.21. The third kappa shape index (κ3) is 6.39. The van der Waals surface area contributed by atoms with Crippen molar-refractivity contribution in [1.29, 1.82) is 0 Å². The summed E-state index contributed by atoms with van der Waals surface area (Å²) in [6, 6.07) is 20.5. The molecule has 4 rings (SSSR count). The Balaban J connectivity index is 1.60. The molecule has 0 bridgehead atoms. The van der Waals surface area contributed by atoms with E-state index in [0.29, 0.717) is 16.5 Å². The SMILES string of the molecule is COc1ccc(N(CC(=O)N/N=C/c2cc(C)n(-c3ccccc3Cl)c2C)S(=O)(=O)c2ccc(C)cc2)cc1OC. The lowest BCUT2D eigenvalue weighted by atomic mass is 10.2. The molecule has 1 N–H and O–H groups in total. The van der Waals surface area contributed by atoms with Gasteiger partial charge in [-0.05, 0) is 63.2 Å². The van der Waals surface area contributed by atoms with E-state index in [4.69, 9.17) is 21.1 Å². The molecule has 1 heterocycles. The zero-order valence-electron chi connectivity index (χ0n) is 23.4. The smallest absolute Gasteiger partial charge is 0.264 e. The minimum Gasteiger partial charge on any atom is -0.493 e. The van der Waals surface area contributed by atoms with Gasteiger partial charge in [0.05, 0.1) is 41.7 Å². The van der Waals surface area contributed by atoms with Crippen molar-refractivity contribution in [2.75, 3.05) is 25.1 Å². The van der Waals surface area contributed by atoms with Gasteiger partial charge in [-0.3, -0.25) is 9.10 Å². The van der Waals surface area contributed by atoms with Crippen molar-refractivity contribution in [3.05, 3.63) is 100 Å². The first-order valence-electron chi connectivity index (χ1n) is 12.6. The van der Waals surface area contributed by atoms with Crippen molar-refractivity contribution in [3.8, 4) is 17.2 Å². The fourth-order valence-electron chi connectivity index (χ4n) is 4.39. The highest BCUT2D eigenvalue weighted by Gasteiger charge is 2.28. The molecule has 0 aliphatic rings. The molecule has 214 valence electrons. The monoisotopic (exact) mass is 594 g/mol. The van der Waals surface area contributed by atoms with E-state index in [1.54, 1.807) is 24.3 Å². The molecule has 1 aromatic heterocycles. The number of para-hydroxylation sites is 1. The van der Waals surface area contributed by atoms with Crippen LogP contribution in [0.3, 0.4) is 0 Å². The average Bonchev–Trinajstić information content (AvgIpc) is 3.24. The van der Waals surface area contributed by atoms with Crippen LogP contribution in [0.1, 0.15) is 22.5 Å². The van der Waals surface area contributed by atoms with Crippen molar-refractivity contribution >= 4 is 39.4 Å². The first kappa shape index (κ1) is 29.7. The fraction of sp³-hybridized carbons (Fsp3) is 0.200. The van der Waals surface area contributed by atoms with E-state index in [1.807, 2.05) is 55.7 Å². The number of anilines is 1. The number of nitrogens with zero attached hydrogens (tertiary/aromatic N) is 3. The molecule has 0 fully saturated rings. The molecule has 9 nitrogen and oxygen atoms in total. The van der Waals surface area contributed by atoms with Gasteiger partial charge in [-0.15, -0.1) is 0 Å². The Morgan fingerprint density at radius 1 is 0.976 bits per heavy atom. The number of aromatic nitrogens is 1. The lowest BCUT2D eigenvalue weighted by Gasteiger charge is -2.24. The van der Waals surface area contributed by atoms with Crippen LogP contribution in [0, 0.1) is 20.8 Å². The van der Waals surface area contributed by atoms with E-state index >= 15 is 0 Å². The Morgan fingerprint density at radius 3 is 2.32 bits per heavy atom. The highest BCUT2D eigenvalue weighted by molar-refractivity contribution is 7.92. The summed E-state index contributed by atoms with van der Waals surface area (Å²) < 4.78 is 41.0. The first-order chi connectivity index (χ1) is 19.6. The number of halogens is 1. The van der Waals surface area contributed by atoms with Crippen LogP contribution in [-0.2, 0) is 14.8 Å². The van der Waals surface area contributed by atoms with Gasteiger partial charge in [0.15, 0.2) is 11.5 Å². The number of hydrogen-bond acceptors (Lipinski definition) is 6. The number of aryl methyl sites for hydroxylation is 2. The molecule has 1 amide bonds. The topological polar surface area (TPSA) is 102 Å².